The van der Waals surface area contributed by atoms with Crippen LogP contribution in [0.1, 0.15) is 73.6 Å². The van der Waals surface area contributed by atoms with E-state index in [4.69, 9.17) is 15.8 Å². The minimum atomic E-state index is -0.469. The molecule has 1 saturated carbocycles. The Morgan fingerprint density at radius 1 is 1.06 bits per heavy atom. The highest BCUT2D eigenvalue weighted by atomic mass is 16.2. The minimum Gasteiger partial charge on any atom is -0.333 e. The van der Waals surface area contributed by atoms with Gasteiger partial charge >= 0.3 is 0 Å². The Kier molecular flexibility index (Phi) is 6.37. The number of hydrogen-bond donors (Lipinski definition) is 1. The molecule has 2 aromatic heterocycles. The summed E-state index contributed by atoms with van der Waals surface area (Å²) < 4.78 is 1.91. The van der Waals surface area contributed by atoms with Gasteiger partial charge in [-0.2, -0.15) is 5.10 Å². The number of carbonyl (C=O) groups excluding carboxylic acids is 1. The first-order valence-electron chi connectivity index (χ1n) is 11.4. The molecule has 2 N–H and O–H groups in total. The first-order valence-corrected chi connectivity index (χ1v) is 11.4. The third kappa shape index (κ3) is 4.96. The number of rotatable bonds is 3. The van der Waals surface area contributed by atoms with E-state index in [0.717, 1.165) is 42.8 Å². The van der Waals surface area contributed by atoms with Crippen molar-refractivity contribution in [2.45, 2.75) is 70.9 Å². The molecule has 1 aliphatic heterocycles. The third-order valence-electron chi connectivity index (χ3n) is 6.10. The van der Waals surface area contributed by atoms with Crippen molar-refractivity contribution >= 4 is 11.6 Å². The second-order valence-corrected chi connectivity index (χ2v) is 8.92. The molecule has 5 rings (SSSR count). The minimum absolute atomic E-state index is 0.0140. The van der Waals surface area contributed by atoms with Crippen LogP contribution < -0.4 is 5.73 Å². The lowest BCUT2D eigenvalue weighted by molar-refractivity contribution is -0.136. The van der Waals surface area contributed by atoms with Crippen LogP contribution in [0.15, 0.2) is 42.5 Å². The summed E-state index contributed by atoms with van der Waals surface area (Å²) >= 11 is 0. The quantitative estimate of drug-likeness (QED) is 0.686. The van der Waals surface area contributed by atoms with Crippen LogP contribution in [-0.2, 0) is 4.79 Å². The highest BCUT2D eigenvalue weighted by Crippen LogP contribution is 2.39. The van der Waals surface area contributed by atoms with E-state index in [9.17, 15) is 4.79 Å². The zero-order valence-corrected chi connectivity index (χ0v) is 18.8. The maximum atomic E-state index is 12.5. The van der Waals surface area contributed by atoms with Gasteiger partial charge in [-0.15, -0.1) is 0 Å². The van der Waals surface area contributed by atoms with Crippen molar-refractivity contribution in [1.82, 2.24) is 19.5 Å². The van der Waals surface area contributed by atoms with E-state index in [1.54, 1.807) is 6.92 Å². The summed E-state index contributed by atoms with van der Waals surface area (Å²) in [5, 5.41) is 4.77. The molecule has 31 heavy (non-hydrogen) atoms. The predicted octanol–water partition coefficient (Wildman–Crippen LogP) is 4.31. The number of aryl methyl sites for hydroxylation is 2. The molecular weight excluding hydrogens is 386 g/mol. The van der Waals surface area contributed by atoms with E-state index in [1.165, 1.54) is 24.1 Å². The number of amides is 1. The molecule has 0 bridgehead atoms. The predicted molar refractivity (Wildman–Crippen MR) is 123 cm³/mol. The Morgan fingerprint density at radius 3 is 2.42 bits per heavy atom. The van der Waals surface area contributed by atoms with Gasteiger partial charge in [-0.25, -0.2) is 9.50 Å². The van der Waals surface area contributed by atoms with Crippen LogP contribution in [0.25, 0.3) is 5.65 Å². The van der Waals surface area contributed by atoms with E-state index in [1.807, 2.05) is 27.6 Å². The Bertz CT molecular complexity index is 1040. The number of likely N-dealkylation sites (tertiary alicyclic amines) is 1. The second kappa shape index (κ2) is 9.18. The van der Waals surface area contributed by atoms with Crippen LogP contribution in [0.3, 0.4) is 0 Å². The summed E-state index contributed by atoms with van der Waals surface area (Å²) in [5.41, 5.74) is 11.3. The summed E-state index contributed by atoms with van der Waals surface area (Å²) in [5.74, 6) is 0.637. The first kappa shape index (κ1) is 21.5. The number of aromatic nitrogens is 3. The van der Waals surface area contributed by atoms with Gasteiger partial charge in [0.25, 0.3) is 0 Å². The second-order valence-electron chi connectivity index (χ2n) is 8.92. The number of piperidine rings is 1. The van der Waals surface area contributed by atoms with Crippen molar-refractivity contribution in [2.75, 3.05) is 6.54 Å². The molecule has 1 saturated heterocycles. The van der Waals surface area contributed by atoms with E-state index >= 15 is 0 Å². The van der Waals surface area contributed by atoms with Crippen molar-refractivity contribution in [1.29, 1.82) is 0 Å². The fourth-order valence-electron chi connectivity index (χ4n) is 4.22. The molecule has 2 atom stereocenters. The lowest BCUT2D eigenvalue weighted by Crippen LogP contribution is -2.46. The Balaban J connectivity index is 0.000000282. The molecule has 164 valence electrons. The van der Waals surface area contributed by atoms with Crippen LogP contribution in [0.5, 0.6) is 0 Å². The molecule has 2 aliphatic rings. The summed E-state index contributed by atoms with van der Waals surface area (Å²) in [6, 6.07) is 14.0. The Labute approximate surface area is 184 Å². The number of nitrogens with zero attached hydrogens (tertiary/aromatic N) is 4. The van der Waals surface area contributed by atoms with E-state index in [2.05, 4.69) is 38.1 Å². The molecule has 3 aromatic rings. The van der Waals surface area contributed by atoms with Crippen molar-refractivity contribution < 1.29 is 4.79 Å². The summed E-state index contributed by atoms with van der Waals surface area (Å²) in [7, 11) is 0. The standard InChI is InChI=1S/C18H25N5O.C7H8/c1-11-9-14(13-6-7-13)20-17-10-15(21-23(11)17)16-5-3-4-8-22(16)18(24)12(2)19;1-7-5-3-2-4-6-7/h9-10,12-13,16H,3-8,19H2,1-2H3;2-6H,1H3/t12?,16-;/m0./s1. The molecule has 0 spiro atoms. The van der Waals surface area contributed by atoms with E-state index in [0.29, 0.717) is 5.92 Å². The molecule has 1 unspecified atom stereocenters. The average molecular weight is 420 g/mol. The molecular formula is C25H33N5O. The van der Waals surface area contributed by atoms with Crippen LogP contribution >= 0.6 is 0 Å². The van der Waals surface area contributed by atoms with Gasteiger partial charge in [-0.1, -0.05) is 35.9 Å². The van der Waals surface area contributed by atoms with Gasteiger partial charge in [-0.05, 0) is 58.9 Å². The monoisotopic (exact) mass is 419 g/mol. The summed E-state index contributed by atoms with van der Waals surface area (Å²) in [4.78, 5) is 19.2. The molecule has 1 aliphatic carbocycles. The van der Waals surface area contributed by atoms with E-state index in [-0.39, 0.29) is 11.9 Å². The fourth-order valence-corrected chi connectivity index (χ4v) is 4.22. The molecule has 1 amide bonds. The van der Waals surface area contributed by atoms with Gasteiger partial charge in [0, 0.05) is 29.9 Å². The third-order valence-corrected chi connectivity index (χ3v) is 6.10. The number of hydrogen-bond acceptors (Lipinski definition) is 4. The summed E-state index contributed by atoms with van der Waals surface area (Å²) in [6.07, 6.45) is 5.56. The molecule has 6 nitrogen and oxygen atoms in total. The van der Waals surface area contributed by atoms with Gasteiger partial charge in [0.1, 0.15) is 0 Å². The Morgan fingerprint density at radius 2 is 1.81 bits per heavy atom. The topological polar surface area (TPSA) is 76.5 Å². The highest BCUT2D eigenvalue weighted by molar-refractivity contribution is 5.81. The maximum Gasteiger partial charge on any atom is 0.239 e. The van der Waals surface area contributed by atoms with E-state index < -0.39 is 6.04 Å². The lowest BCUT2D eigenvalue weighted by atomic mass is 9.98. The molecule has 2 fully saturated rings. The number of fused-ring (bicyclic) bond motifs is 1. The SMILES string of the molecule is Cc1cc(C2CC2)nc2cc([C@@H]3CCCCN3C(=O)C(C)N)nn12.Cc1ccccc1. The zero-order valence-electron chi connectivity index (χ0n) is 18.8. The normalized spacial score (nSPS) is 19.6. The van der Waals surface area contributed by atoms with Crippen molar-refractivity contribution in [3.05, 3.63) is 65.1 Å². The zero-order chi connectivity index (χ0) is 22.0. The van der Waals surface area contributed by atoms with Crippen molar-refractivity contribution in [3.8, 4) is 0 Å². The van der Waals surface area contributed by atoms with Crippen LogP contribution in [-0.4, -0.2) is 38.0 Å². The number of benzene rings is 1. The number of nitrogens with two attached hydrogens (primary N) is 1. The molecule has 6 heteroatoms. The number of carbonyl (C=O) groups is 1. The maximum absolute atomic E-state index is 12.5. The van der Waals surface area contributed by atoms with Crippen LogP contribution in [0.2, 0.25) is 0 Å². The molecule has 3 heterocycles. The molecule has 1 aromatic carbocycles. The van der Waals surface area contributed by atoms with Crippen LogP contribution in [0, 0.1) is 13.8 Å². The summed E-state index contributed by atoms with van der Waals surface area (Å²) in [6.45, 7) is 6.67. The molecule has 0 radical (unpaired) electrons. The highest BCUT2D eigenvalue weighted by Gasteiger charge is 2.32. The first-order chi connectivity index (χ1) is 14.9. The van der Waals surface area contributed by atoms with Gasteiger partial charge in [0.2, 0.25) is 5.91 Å². The van der Waals surface area contributed by atoms with Crippen molar-refractivity contribution in [2.24, 2.45) is 5.73 Å². The Hall–Kier alpha value is -2.73. The fraction of sp³-hybridized carbons (Fsp3) is 0.480. The van der Waals surface area contributed by atoms with Gasteiger partial charge < -0.3 is 10.6 Å². The van der Waals surface area contributed by atoms with Gasteiger partial charge in [0.05, 0.1) is 17.8 Å². The van der Waals surface area contributed by atoms with Crippen molar-refractivity contribution in [3.63, 3.8) is 0 Å². The van der Waals surface area contributed by atoms with Crippen LogP contribution in [0.4, 0.5) is 0 Å². The largest absolute Gasteiger partial charge is 0.333 e. The van der Waals surface area contributed by atoms with Gasteiger partial charge in [-0.3, -0.25) is 4.79 Å². The smallest absolute Gasteiger partial charge is 0.239 e. The van der Waals surface area contributed by atoms with Gasteiger partial charge in [0.15, 0.2) is 5.65 Å². The lowest BCUT2D eigenvalue weighted by Gasteiger charge is -2.35. The average Bonchev–Trinajstić information content (AvgIpc) is 3.53.